The summed E-state index contributed by atoms with van der Waals surface area (Å²) >= 11 is 1.78. The van der Waals surface area contributed by atoms with Crippen LogP contribution in [0.5, 0.6) is 0 Å². The smallest absolute Gasteiger partial charge is 0.225 e. The third-order valence-electron chi connectivity index (χ3n) is 4.11. The Kier molecular flexibility index (Phi) is 4.26. The molecule has 5 nitrogen and oxygen atoms in total. The van der Waals surface area contributed by atoms with E-state index in [1.807, 2.05) is 7.05 Å². The lowest BCUT2D eigenvalue weighted by Crippen LogP contribution is -2.46. The fourth-order valence-electron chi connectivity index (χ4n) is 2.76. The topological polar surface area (TPSA) is 44.3 Å². The predicted octanol–water partition coefficient (Wildman–Crippen LogP) is 2.44. The summed E-state index contributed by atoms with van der Waals surface area (Å²) in [5.74, 6) is 1.82. The Hall–Kier alpha value is -1.40. The standard InChI is InChI=1S/C15H23N5S/c1-4-11-10-12-13(17-15(16-3)18-14(12)21-11)20-8-6-19(5-2)7-9-20/h10H,4-9H2,1-3H3,(H,16,17,18). The highest BCUT2D eigenvalue weighted by Gasteiger charge is 2.21. The molecule has 3 heterocycles. The molecule has 1 saturated heterocycles. The quantitative estimate of drug-likeness (QED) is 0.940. The Labute approximate surface area is 130 Å². The first-order valence-corrected chi connectivity index (χ1v) is 8.52. The molecule has 0 radical (unpaired) electrons. The number of nitrogens with zero attached hydrogens (tertiary/aromatic N) is 4. The molecule has 1 N–H and O–H groups in total. The first-order valence-electron chi connectivity index (χ1n) is 7.70. The molecule has 0 spiro atoms. The summed E-state index contributed by atoms with van der Waals surface area (Å²) in [7, 11) is 1.88. The zero-order chi connectivity index (χ0) is 14.8. The maximum absolute atomic E-state index is 4.73. The van der Waals surface area contributed by atoms with E-state index in [0.29, 0.717) is 0 Å². The van der Waals surface area contributed by atoms with Gasteiger partial charge in [0, 0.05) is 38.1 Å². The van der Waals surface area contributed by atoms with Crippen LogP contribution < -0.4 is 10.2 Å². The van der Waals surface area contributed by atoms with E-state index >= 15 is 0 Å². The van der Waals surface area contributed by atoms with Gasteiger partial charge in [-0.2, -0.15) is 4.98 Å². The number of rotatable bonds is 4. The first kappa shape index (κ1) is 14.5. The summed E-state index contributed by atoms with van der Waals surface area (Å²) in [6, 6.07) is 2.26. The molecule has 0 atom stereocenters. The van der Waals surface area contributed by atoms with Gasteiger partial charge >= 0.3 is 0 Å². The zero-order valence-corrected chi connectivity index (χ0v) is 13.8. The van der Waals surface area contributed by atoms with Crippen molar-refractivity contribution >= 4 is 33.3 Å². The Bertz CT molecular complexity index is 616. The minimum atomic E-state index is 0.722. The van der Waals surface area contributed by atoms with E-state index in [9.17, 15) is 0 Å². The summed E-state index contributed by atoms with van der Waals surface area (Å²) in [6.45, 7) is 9.86. The van der Waals surface area contributed by atoms with Crippen LogP contribution in [0.2, 0.25) is 0 Å². The van der Waals surface area contributed by atoms with Crippen molar-refractivity contribution in [2.24, 2.45) is 0 Å². The van der Waals surface area contributed by atoms with Gasteiger partial charge in [0.2, 0.25) is 5.95 Å². The molecule has 0 unspecified atom stereocenters. The van der Waals surface area contributed by atoms with Gasteiger partial charge in [0.15, 0.2) is 0 Å². The normalized spacial score (nSPS) is 16.6. The summed E-state index contributed by atoms with van der Waals surface area (Å²) in [5, 5.41) is 4.30. The molecule has 1 fully saturated rings. The summed E-state index contributed by atoms with van der Waals surface area (Å²) in [6.07, 6.45) is 1.05. The minimum absolute atomic E-state index is 0.722. The second-order valence-corrected chi connectivity index (χ2v) is 6.44. The Morgan fingerprint density at radius 1 is 1.19 bits per heavy atom. The van der Waals surface area contributed by atoms with Gasteiger partial charge in [-0.1, -0.05) is 13.8 Å². The first-order chi connectivity index (χ1) is 10.2. The number of piperazine rings is 1. The van der Waals surface area contributed by atoms with Crippen molar-refractivity contribution in [1.82, 2.24) is 14.9 Å². The molecule has 114 valence electrons. The Morgan fingerprint density at radius 3 is 2.57 bits per heavy atom. The van der Waals surface area contributed by atoms with Crippen molar-refractivity contribution in [3.05, 3.63) is 10.9 Å². The van der Waals surface area contributed by atoms with E-state index in [4.69, 9.17) is 4.98 Å². The zero-order valence-electron chi connectivity index (χ0n) is 13.0. The van der Waals surface area contributed by atoms with Crippen LogP contribution in [0.15, 0.2) is 6.07 Å². The number of likely N-dealkylation sites (N-methyl/N-ethyl adjacent to an activating group) is 1. The van der Waals surface area contributed by atoms with Crippen molar-refractivity contribution < 1.29 is 0 Å². The highest BCUT2D eigenvalue weighted by atomic mass is 32.1. The van der Waals surface area contributed by atoms with Crippen LogP contribution in [0.3, 0.4) is 0 Å². The molecule has 0 amide bonds. The molecule has 6 heteroatoms. The molecule has 2 aromatic heterocycles. The maximum Gasteiger partial charge on any atom is 0.225 e. The number of aryl methyl sites for hydroxylation is 1. The lowest BCUT2D eigenvalue weighted by Gasteiger charge is -2.35. The molecule has 3 rings (SSSR count). The summed E-state index contributed by atoms with van der Waals surface area (Å²) in [5.41, 5.74) is 0. The van der Waals surface area contributed by atoms with Crippen molar-refractivity contribution in [3.8, 4) is 0 Å². The van der Waals surface area contributed by atoms with Crippen LogP contribution in [0.1, 0.15) is 18.7 Å². The fourth-order valence-corrected chi connectivity index (χ4v) is 3.72. The van der Waals surface area contributed by atoms with E-state index in [0.717, 1.165) is 55.7 Å². The minimum Gasteiger partial charge on any atom is -0.357 e. The van der Waals surface area contributed by atoms with Crippen LogP contribution in [-0.4, -0.2) is 54.6 Å². The monoisotopic (exact) mass is 305 g/mol. The SMILES string of the molecule is CCc1cc2c(N3CCN(CC)CC3)nc(NC)nc2s1. The Morgan fingerprint density at radius 2 is 1.95 bits per heavy atom. The molecule has 1 aliphatic heterocycles. The van der Waals surface area contributed by atoms with Gasteiger partial charge in [0.25, 0.3) is 0 Å². The second kappa shape index (κ2) is 6.15. The van der Waals surface area contributed by atoms with Gasteiger partial charge in [-0.05, 0) is 19.0 Å². The highest BCUT2D eigenvalue weighted by molar-refractivity contribution is 7.18. The molecule has 0 saturated carbocycles. The number of hydrogen-bond acceptors (Lipinski definition) is 6. The molecule has 0 bridgehead atoms. The van der Waals surface area contributed by atoms with Gasteiger partial charge < -0.3 is 15.1 Å². The van der Waals surface area contributed by atoms with Gasteiger partial charge in [-0.15, -0.1) is 11.3 Å². The number of thiophene rings is 1. The molecular formula is C15H23N5S. The molecule has 2 aromatic rings. The molecule has 21 heavy (non-hydrogen) atoms. The van der Waals surface area contributed by atoms with Crippen LogP contribution in [0, 0.1) is 0 Å². The molecule has 0 aliphatic carbocycles. The van der Waals surface area contributed by atoms with E-state index in [1.165, 1.54) is 10.3 Å². The van der Waals surface area contributed by atoms with Crippen molar-refractivity contribution in [2.75, 3.05) is 50.0 Å². The van der Waals surface area contributed by atoms with Crippen LogP contribution in [0.4, 0.5) is 11.8 Å². The second-order valence-electron chi connectivity index (χ2n) is 5.33. The van der Waals surface area contributed by atoms with Crippen molar-refractivity contribution in [1.29, 1.82) is 0 Å². The fraction of sp³-hybridized carbons (Fsp3) is 0.600. The maximum atomic E-state index is 4.73. The summed E-state index contributed by atoms with van der Waals surface area (Å²) in [4.78, 5) is 16.7. The Balaban J connectivity index is 1.98. The third-order valence-corrected chi connectivity index (χ3v) is 5.29. The van der Waals surface area contributed by atoms with E-state index in [2.05, 4.69) is 40.0 Å². The number of aromatic nitrogens is 2. The van der Waals surface area contributed by atoms with E-state index in [-0.39, 0.29) is 0 Å². The number of fused-ring (bicyclic) bond motifs is 1. The van der Waals surface area contributed by atoms with E-state index in [1.54, 1.807) is 11.3 Å². The highest BCUT2D eigenvalue weighted by Crippen LogP contribution is 2.32. The number of nitrogens with one attached hydrogen (secondary N) is 1. The number of hydrogen-bond donors (Lipinski definition) is 1. The van der Waals surface area contributed by atoms with Crippen LogP contribution in [-0.2, 0) is 6.42 Å². The van der Waals surface area contributed by atoms with Gasteiger partial charge in [0.1, 0.15) is 10.6 Å². The van der Waals surface area contributed by atoms with Crippen LogP contribution >= 0.6 is 11.3 Å². The molecule has 0 aromatic carbocycles. The molecule has 1 aliphatic rings. The van der Waals surface area contributed by atoms with Crippen molar-refractivity contribution in [2.45, 2.75) is 20.3 Å². The van der Waals surface area contributed by atoms with Crippen LogP contribution in [0.25, 0.3) is 10.2 Å². The largest absolute Gasteiger partial charge is 0.357 e. The van der Waals surface area contributed by atoms with Crippen molar-refractivity contribution in [3.63, 3.8) is 0 Å². The average Bonchev–Trinajstić information content (AvgIpc) is 2.97. The average molecular weight is 305 g/mol. The third kappa shape index (κ3) is 2.82. The summed E-state index contributed by atoms with van der Waals surface area (Å²) < 4.78 is 0. The van der Waals surface area contributed by atoms with Gasteiger partial charge in [-0.3, -0.25) is 0 Å². The van der Waals surface area contributed by atoms with E-state index < -0.39 is 0 Å². The van der Waals surface area contributed by atoms with Gasteiger partial charge in [-0.25, -0.2) is 4.98 Å². The van der Waals surface area contributed by atoms with Gasteiger partial charge in [0.05, 0.1) is 5.39 Å². The lowest BCUT2D eigenvalue weighted by atomic mass is 10.2. The predicted molar refractivity (Wildman–Crippen MR) is 90.7 cm³/mol. The number of anilines is 2. The molecular weight excluding hydrogens is 282 g/mol. The lowest BCUT2D eigenvalue weighted by molar-refractivity contribution is 0.271.